The number of hydrogen-bond acceptors (Lipinski definition) is 3. The highest BCUT2D eigenvalue weighted by molar-refractivity contribution is 5.89. The first-order chi connectivity index (χ1) is 9.95. The van der Waals surface area contributed by atoms with Crippen molar-refractivity contribution >= 4 is 12.0 Å². The molecular weight excluding hydrogens is 270 g/mol. The van der Waals surface area contributed by atoms with Crippen molar-refractivity contribution in [2.75, 3.05) is 20.1 Å². The van der Waals surface area contributed by atoms with Gasteiger partial charge in [-0.3, -0.25) is 0 Å². The molecule has 112 valence electrons. The first kappa shape index (κ1) is 16.5. The summed E-state index contributed by atoms with van der Waals surface area (Å²) in [4.78, 5) is 24.3. The number of carboxylic acids is 1. The summed E-state index contributed by atoms with van der Waals surface area (Å²) in [5.74, 6) is -1.20. The van der Waals surface area contributed by atoms with E-state index >= 15 is 0 Å². The Bertz CT molecular complexity index is 551. The monoisotopic (exact) mass is 289 g/mol. The van der Waals surface area contributed by atoms with Gasteiger partial charge in [0.1, 0.15) is 0 Å². The number of amides is 2. The zero-order valence-electron chi connectivity index (χ0n) is 12.2. The number of nitrogens with zero attached hydrogens (tertiary/aromatic N) is 2. The van der Waals surface area contributed by atoms with Crippen molar-refractivity contribution in [1.82, 2.24) is 10.2 Å². The molecule has 0 aliphatic heterocycles. The average Bonchev–Trinajstić information content (AvgIpc) is 2.47. The molecule has 0 aliphatic rings. The Balaban J connectivity index is 2.49. The van der Waals surface area contributed by atoms with Crippen molar-refractivity contribution in [3.8, 4) is 6.07 Å². The summed E-state index contributed by atoms with van der Waals surface area (Å²) in [5, 5.41) is 20.5. The van der Waals surface area contributed by atoms with Gasteiger partial charge in [-0.1, -0.05) is 18.2 Å². The second-order valence-corrected chi connectivity index (χ2v) is 4.85. The maximum absolute atomic E-state index is 11.8. The summed E-state index contributed by atoms with van der Waals surface area (Å²) in [6.07, 6.45) is 0.440. The summed E-state index contributed by atoms with van der Waals surface area (Å²) >= 11 is 0. The van der Waals surface area contributed by atoms with E-state index in [1.54, 1.807) is 38.2 Å². The molecule has 0 radical (unpaired) electrons. The Morgan fingerprint density at radius 1 is 1.43 bits per heavy atom. The van der Waals surface area contributed by atoms with Crippen LogP contribution < -0.4 is 5.32 Å². The molecule has 1 atom stereocenters. The van der Waals surface area contributed by atoms with E-state index in [1.807, 2.05) is 0 Å². The van der Waals surface area contributed by atoms with Crippen LogP contribution in [-0.4, -0.2) is 42.1 Å². The van der Waals surface area contributed by atoms with Crippen molar-refractivity contribution in [1.29, 1.82) is 5.26 Å². The highest BCUT2D eigenvalue weighted by Gasteiger charge is 2.12. The number of nitrogens with one attached hydrogen (secondary N) is 1. The number of carboxylic acid groups (broad SMARTS) is 1. The van der Waals surface area contributed by atoms with Crippen molar-refractivity contribution in [2.45, 2.75) is 13.3 Å². The second-order valence-electron chi connectivity index (χ2n) is 4.85. The fourth-order valence-electron chi connectivity index (χ4n) is 1.92. The van der Waals surface area contributed by atoms with Crippen molar-refractivity contribution < 1.29 is 14.7 Å². The van der Waals surface area contributed by atoms with Crippen LogP contribution in [0.2, 0.25) is 0 Å². The van der Waals surface area contributed by atoms with Gasteiger partial charge in [0.2, 0.25) is 0 Å². The van der Waals surface area contributed by atoms with E-state index in [0.717, 1.165) is 0 Å². The number of carbonyl (C=O) groups excluding carboxylic acids is 1. The Morgan fingerprint density at radius 2 is 2.10 bits per heavy atom. The molecule has 0 spiro atoms. The van der Waals surface area contributed by atoms with Crippen LogP contribution in [0.15, 0.2) is 24.3 Å². The number of carbonyl (C=O) groups is 2. The fourth-order valence-corrected chi connectivity index (χ4v) is 1.92. The smallest absolute Gasteiger partial charge is 0.335 e. The van der Waals surface area contributed by atoms with Gasteiger partial charge in [0.25, 0.3) is 0 Å². The number of nitriles is 1. The minimum atomic E-state index is -0.975. The first-order valence-electron chi connectivity index (χ1n) is 6.65. The zero-order valence-corrected chi connectivity index (χ0v) is 12.2. The summed E-state index contributed by atoms with van der Waals surface area (Å²) in [5.41, 5.74) is 0.927. The number of hydrogen-bond donors (Lipinski definition) is 2. The van der Waals surface area contributed by atoms with Gasteiger partial charge in [-0.25, -0.2) is 9.59 Å². The van der Waals surface area contributed by atoms with Crippen LogP contribution in [-0.2, 0) is 6.42 Å². The molecule has 21 heavy (non-hydrogen) atoms. The van der Waals surface area contributed by atoms with E-state index in [2.05, 4.69) is 11.4 Å². The normalized spacial score (nSPS) is 11.3. The van der Waals surface area contributed by atoms with Crippen molar-refractivity contribution in [2.24, 2.45) is 5.92 Å². The van der Waals surface area contributed by atoms with Crippen LogP contribution in [0.4, 0.5) is 4.79 Å². The van der Waals surface area contributed by atoms with Crippen LogP contribution in [0, 0.1) is 17.2 Å². The number of benzene rings is 1. The van der Waals surface area contributed by atoms with Crippen LogP contribution in [0.3, 0.4) is 0 Å². The van der Waals surface area contributed by atoms with Gasteiger partial charge in [0.05, 0.1) is 17.6 Å². The van der Waals surface area contributed by atoms with Crippen molar-refractivity contribution in [3.05, 3.63) is 35.4 Å². The lowest BCUT2D eigenvalue weighted by atomic mass is 10.0. The molecule has 1 unspecified atom stereocenters. The van der Waals surface area contributed by atoms with E-state index in [-0.39, 0.29) is 17.5 Å². The third-order valence-electron chi connectivity index (χ3n) is 3.03. The molecule has 2 amide bonds. The molecule has 1 aromatic rings. The van der Waals surface area contributed by atoms with Gasteiger partial charge in [0.15, 0.2) is 0 Å². The summed E-state index contributed by atoms with van der Waals surface area (Å²) < 4.78 is 0. The van der Waals surface area contributed by atoms with Crippen LogP contribution in [0.25, 0.3) is 0 Å². The Kier molecular flexibility index (Phi) is 6.21. The average molecular weight is 289 g/mol. The molecule has 6 nitrogen and oxygen atoms in total. The fraction of sp³-hybridized carbons (Fsp3) is 0.400. The highest BCUT2D eigenvalue weighted by Crippen LogP contribution is 2.09. The highest BCUT2D eigenvalue weighted by atomic mass is 16.4. The van der Waals surface area contributed by atoms with Crippen molar-refractivity contribution in [3.63, 3.8) is 0 Å². The third kappa shape index (κ3) is 5.15. The second kappa shape index (κ2) is 7.90. The lowest BCUT2D eigenvalue weighted by Gasteiger charge is -2.19. The Hall–Kier alpha value is -2.55. The standard InChI is InChI=1S/C15H19N3O3/c1-11(9-16)10-18(2)15(21)17-8-7-12-5-3-4-6-13(12)14(19)20/h3-6,11H,7-8,10H2,1-2H3,(H,17,21)(H,19,20). The topological polar surface area (TPSA) is 93.4 Å². The molecule has 1 rings (SSSR count). The minimum absolute atomic E-state index is 0.228. The molecule has 0 saturated carbocycles. The van der Waals surface area contributed by atoms with Gasteiger partial charge in [-0.2, -0.15) is 5.26 Å². The van der Waals surface area contributed by atoms with E-state index in [9.17, 15) is 9.59 Å². The number of aromatic carboxylic acids is 1. The van der Waals surface area contributed by atoms with Crippen LogP contribution in [0.1, 0.15) is 22.8 Å². The molecule has 0 aromatic heterocycles. The van der Waals surface area contributed by atoms with E-state index < -0.39 is 5.97 Å². The Morgan fingerprint density at radius 3 is 2.71 bits per heavy atom. The van der Waals surface area contributed by atoms with E-state index in [0.29, 0.717) is 25.1 Å². The maximum Gasteiger partial charge on any atom is 0.335 e. The molecule has 0 saturated heterocycles. The first-order valence-corrected chi connectivity index (χ1v) is 6.65. The molecule has 6 heteroatoms. The molecule has 0 aliphatic carbocycles. The number of rotatable bonds is 6. The van der Waals surface area contributed by atoms with Crippen LogP contribution in [0.5, 0.6) is 0 Å². The zero-order chi connectivity index (χ0) is 15.8. The van der Waals surface area contributed by atoms with Gasteiger partial charge in [0, 0.05) is 20.1 Å². The molecule has 1 aromatic carbocycles. The maximum atomic E-state index is 11.8. The van der Waals surface area contributed by atoms with Gasteiger partial charge >= 0.3 is 12.0 Å². The van der Waals surface area contributed by atoms with Gasteiger partial charge in [-0.15, -0.1) is 0 Å². The minimum Gasteiger partial charge on any atom is -0.478 e. The van der Waals surface area contributed by atoms with Gasteiger partial charge in [-0.05, 0) is 25.0 Å². The summed E-state index contributed by atoms with van der Waals surface area (Å²) in [6, 6.07) is 8.50. The van der Waals surface area contributed by atoms with Gasteiger partial charge < -0.3 is 15.3 Å². The molecule has 0 fully saturated rings. The van der Waals surface area contributed by atoms with E-state index in [1.165, 1.54) is 4.90 Å². The molecular formula is C15H19N3O3. The third-order valence-corrected chi connectivity index (χ3v) is 3.03. The summed E-state index contributed by atoms with van der Waals surface area (Å²) in [7, 11) is 1.62. The lowest BCUT2D eigenvalue weighted by Crippen LogP contribution is -2.40. The molecule has 0 bridgehead atoms. The van der Waals surface area contributed by atoms with Crippen LogP contribution >= 0.6 is 0 Å². The molecule has 0 heterocycles. The Labute approximate surface area is 124 Å². The predicted molar refractivity (Wildman–Crippen MR) is 77.9 cm³/mol. The predicted octanol–water partition coefficient (Wildman–Crippen LogP) is 1.73. The summed E-state index contributed by atoms with van der Waals surface area (Å²) in [6.45, 7) is 2.44. The number of urea groups is 1. The SMILES string of the molecule is CC(C#N)CN(C)C(=O)NCCc1ccccc1C(=O)O. The quantitative estimate of drug-likeness (QED) is 0.834. The van der Waals surface area contributed by atoms with E-state index in [4.69, 9.17) is 10.4 Å². The lowest BCUT2D eigenvalue weighted by molar-refractivity contribution is 0.0695. The molecule has 2 N–H and O–H groups in total. The largest absolute Gasteiger partial charge is 0.478 e.